The maximum atomic E-state index is 13.0. The van der Waals surface area contributed by atoms with Gasteiger partial charge in [0.25, 0.3) is 5.91 Å². The van der Waals surface area contributed by atoms with Crippen LogP contribution in [0.5, 0.6) is 0 Å². The van der Waals surface area contributed by atoms with E-state index in [1.165, 1.54) is 23.5 Å². The Hall–Kier alpha value is -3.18. The summed E-state index contributed by atoms with van der Waals surface area (Å²) in [5.41, 5.74) is 1.49. The van der Waals surface area contributed by atoms with Gasteiger partial charge in [-0.3, -0.25) is 14.4 Å². The first-order valence-corrected chi connectivity index (χ1v) is 12.7. The zero-order valence-electron chi connectivity index (χ0n) is 18.7. The summed E-state index contributed by atoms with van der Waals surface area (Å²) in [4.78, 5) is 38.9. The number of benzene rings is 2. The van der Waals surface area contributed by atoms with E-state index in [4.69, 9.17) is 0 Å². The number of halogens is 2. The smallest absolute Gasteiger partial charge is 0.251 e. The van der Waals surface area contributed by atoms with Gasteiger partial charge in [-0.05, 0) is 42.3 Å². The Balaban J connectivity index is 1.21. The van der Waals surface area contributed by atoms with Gasteiger partial charge in [-0.2, -0.15) is 0 Å². The number of aromatic nitrogens is 2. The summed E-state index contributed by atoms with van der Waals surface area (Å²) in [6.07, 6.45) is 1.22. The molecule has 8 nitrogen and oxygen atoms in total. The van der Waals surface area contributed by atoms with Crippen molar-refractivity contribution in [3.63, 3.8) is 0 Å². The molecular weight excluding hydrogens is 537 g/mol. The number of rotatable bonds is 9. The molecule has 1 atom stereocenters. The van der Waals surface area contributed by atoms with Gasteiger partial charge in [0, 0.05) is 42.5 Å². The normalized spacial score (nSPS) is 15.3. The lowest BCUT2D eigenvalue weighted by Crippen LogP contribution is -2.30. The molecule has 1 aliphatic heterocycles. The van der Waals surface area contributed by atoms with Crippen LogP contribution in [0.4, 0.5) is 9.52 Å². The van der Waals surface area contributed by atoms with E-state index in [0.717, 1.165) is 10.0 Å². The van der Waals surface area contributed by atoms with Crippen molar-refractivity contribution in [1.29, 1.82) is 0 Å². The second-order valence-corrected chi connectivity index (χ2v) is 10.1. The largest absolute Gasteiger partial charge is 0.352 e. The first kappa shape index (κ1) is 24.9. The molecule has 1 fully saturated rings. The summed E-state index contributed by atoms with van der Waals surface area (Å²) in [5.74, 6) is -1.29. The summed E-state index contributed by atoms with van der Waals surface area (Å²) < 4.78 is 13.9. The van der Waals surface area contributed by atoms with Crippen molar-refractivity contribution in [2.75, 3.05) is 25.0 Å². The molecule has 1 saturated heterocycles. The third kappa shape index (κ3) is 6.92. The topological polar surface area (TPSA) is 104 Å². The van der Waals surface area contributed by atoms with E-state index < -0.39 is 5.92 Å². The molecule has 4 rings (SSSR count). The number of carbonyl (C=O) groups excluding carboxylic acids is 3. The highest BCUT2D eigenvalue weighted by atomic mass is 79.9. The SMILES string of the molecule is O=C(NCCc1nnc(NC(=O)C2CC(=O)N(CCc3ccc(F)cc3)C2)s1)c1cccc(Br)c1. The van der Waals surface area contributed by atoms with Crippen LogP contribution >= 0.6 is 27.3 Å². The van der Waals surface area contributed by atoms with Crippen LogP contribution < -0.4 is 10.6 Å². The molecular formula is C24H23BrFN5O3S. The molecule has 0 bridgehead atoms. The number of amides is 3. The van der Waals surface area contributed by atoms with Gasteiger partial charge in [0.1, 0.15) is 10.8 Å². The fraction of sp³-hybridized carbons (Fsp3) is 0.292. The van der Waals surface area contributed by atoms with Gasteiger partial charge < -0.3 is 15.5 Å². The fourth-order valence-corrected chi connectivity index (χ4v) is 4.85. The summed E-state index contributed by atoms with van der Waals surface area (Å²) >= 11 is 4.58. The Bertz CT molecular complexity index is 1220. The van der Waals surface area contributed by atoms with Crippen LogP contribution in [0.1, 0.15) is 27.3 Å². The van der Waals surface area contributed by atoms with Gasteiger partial charge in [-0.25, -0.2) is 4.39 Å². The minimum Gasteiger partial charge on any atom is -0.352 e. The Morgan fingerprint density at radius 3 is 2.71 bits per heavy atom. The number of nitrogens with one attached hydrogen (secondary N) is 2. The van der Waals surface area contributed by atoms with E-state index in [2.05, 4.69) is 36.8 Å². The lowest BCUT2D eigenvalue weighted by Gasteiger charge is -2.16. The van der Waals surface area contributed by atoms with Crippen LogP contribution in [0.25, 0.3) is 0 Å². The fourth-order valence-electron chi connectivity index (χ4n) is 3.71. The number of likely N-dealkylation sites (tertiary alicyclic amines) is 1. The molecule has 182 valence electrons. The third-order valence-corrected chi connectivity index (χ3v) is 6.97. The molecule has 3 amide bonds. The average Bonchev–Trinajstić information content (AvgIpc) is 3.44. The van der Waals surface area contributed by atoms with Crippen molar-refractivity contribution < 1.29 is 18.8 Å². The summed E-state index contributed by atoms with van der Waals surface area (Å²) in [6, 6.07) is 13.3. The maximum Gasteiger partial charge on any atom is 0.251 e. The number of carbonyl (C=O) groups is 3. The predicted octanol–water partition coefficient (Wildman–Crippen LogP) is 3.44. The molecule has 2 heterocycles. The van der Waals surface area contributed by atoms with Crippen molar-refractivity contribution in [1.82, 2.24) is 20.4 Å². The third-order valence-electron chi connectivity index (χ3n) is 5.58. The lowest BCUT2D eigenvalue weighted by atomic mass is 10.1. The summed E-state index contributed by atoms with van der Waals surface area (Å²) in [5, 5.41) is 14.7. The van der Waals surface area contributed by atoms with Gasteiger partial charge in [-0.1, -0.05) is 45.5 Å². The number of hydrogen-bond acceptors (Lipinski definition) is 6. The highest BCUT2D eigenvalue weighted by Gasteiger charge is 2.34. The number of nitrogens with zero attached hydrogens (tertiary/aromatic N) is 3. The van der Waals surface area contributed by atoms with Crippen LogP contribution in [-0.4, -0.2) is 52.5 Å². The molecule has 11 heteroatoms. The first-order valence-electron chi connectivity index (χ1n) is 11.1. The van der Waals surface area contributed by atoms with Crippen LogP contribution in [0, 0.1) is 11.7 Å². The van der Waals surface area contributed by atoms with Crippen molar-refractivity contribution in [3.8, 4) is 0 Å². The van der Waals surface area contributed by atoms with E-state index in [1.807, 2.05) is 6.07 Å². The zero-order chi connectivity index (χ0) is 24.8. The van der Waals surface area contributed by atoms with E-state index >= 15 is 0 Å². The van der Waals surface area contributed by atoms with Crippen molar-refractivity contribution >= 4 is 50.1 Å². The average molecular weight is 560 g/mol. The van der Waals surface area contributed by atoms with E-state index in [1.54, 1.807) is 35.2 Å². The van der Waals surface area contributed by atoms with Crippen LogP contribution in [0.15, 0.2) is 53.0 Å². The van der Waals surface area contributed by atoms with E-state index in [0.29, 0.717) is 48.2 Å². The Morgan fingerprint density at radius 2 is 1.94 bits per heavy atom. The Kier molecular flexibility index (Phi) is 8.19. The molecule has 1 unspecified atom stereocenters. The molecule has 3 aromatic rings. The van der Waals surface area contributed by atoms with Crippen molar-refractivity contribution in [2.45, 2.75) is 19.3 Å². The van der Waals surface area contributed by atoms with Crippen LogP contribution in [0.2, 0.25) is 0 Å². The maximum absolute atomic E-state index is 13.0. The van der Waals surface area contributed by atoms with Gasteiger partial charge in [0.15, 0.2) is 0 Å². The van der Waals surface area contributed by atoms with Gasteiger partial charge in [0.05, 0.1) is 5.92 Å². The molecule has 0 aliphatic carbocycles. The lowest BCUT2D eigenvalue weighted by molar-refractivity contribution is -0.128. The summed E-state index contributed by atoms with van der Waals surface area (Å²) in [7, 11) is 0. The molecule has 2 N–H and O–H groups in total. The van der Waals surface area contributed by atoms with Crippen molar-refractivity contribution in [3.05, 3.63) is 75.0 Å². The van der Waals surface area contributed by atoms with Gasteiger partial charge in [-0.15, -0.1) is 10.2 Å². The molecule has 0 spiro atoms. The zero-order valence-corrected chi connectivity index (χ0v) is 21.1. The molecule has 0 radical (unpaired) electrons. The van der Waals surface area contributed by atoms with E-state index in [-0.39, 0.29) is 30.0 Å². The molecule has 2 aromatic carbocycles. The molecule has 1 aliphatic rings. The Morgan fingerprint density at radius 1 is 1.14 bits per heavy atom. The molecule has 0 saturated carbocycles. The predicted molar refractivity (Wildman–Crippen MR) is 134 cm³/mol. The monoisotopic (exact) mass is 559 g/mol. The van der Waals surface area contributed by atoms with Crippen LogP contribution in [-0.2, 0) is 22.4 Å². The second kappa shape index (κ2) is 11.5. The quantitative estimate of drug-likeness (QED) is 0.418. The number of anilines is 1. The van der Waals surface area contributed by atoms with Crippen molar-refractivity contribution in [2.24, 2.45) is 5.92 Å². The van der Waals surface area contributed by atoms with E-state index in [9.17, 15) is 18.8 Å². The Labute approximate surface area is 214 Å². The summed E-state index contributed by atoms with van der Waals surface area (Å²) in [6.45, 7) is 1.19. The standard InChI is InChI=1S/C24H23BrFN5O3S/c25-18-3-1-2-16(12-18)22(33)27-10-8-20-29-30-24(35-20)28-23(34)17-13-21(32)31(14-17)11-9-15-4-6-19(26)7-5-15/h1-7,12,17H,8-11,13-14H2,(H,27,33)(H,28,30,34). The highest BCUT2D eigenvalue weighted by molar-refractivity contribution is 9.10. The second-order valence-electron chi connectivity index (χ2n) is 8.12. The minimum atomic E-state index is -0.465. The van der Waals surface area contributed by atoms with Crippen LogP contribution in [0.3, 0.4) is 0 Å². The molecule has 1 aromatic heterocycles. The highest BCUT2D eigenvalue weighted by Crippen LogP contribution is 2.22. The minimum absolute atomic E-state index is 0.0774. The molecule has 35 heavy (non-hydrogen) atoms. The number of hydrogen-bond donors (Lipinski definition) is 2. The van der Waals surface area contributed by atoms with Gasteiger partial charge in [0.2, 0.25) is 16.9 Å². The first-order chi connectivity index (χ1) is 16.9. The van der Waals surface area contributed by atoms with Gasteiger partial charge >= 0.3 is 0 Å².